The highest BCUT2D eigenvalue weighted by molar-refractivity contribution is 4.91. The maximum atomic E-state index is 9.71. The van der Waals surface area contributed by atoms with Crippen LogP contribution >= 0.6 is 0 Å². The van der Waals surface area contributed by atoms with Gasteiger partial charge in [0.2, 0.25) is 0 Å². The molecule has 2 rings (SSSR count). The van der Waals surface area contributed by atoms with Crippen LogP contribution in [0.15, 0.2) is 0 Å². The molecule has 0 spiro atoms. The molecule has 0 bridgehead atoms. The van der Waals surface area contributed by atoms with Crippen molar-refractivity contribution in [3.63, 3.8) is 0 Å². The lowest BCUT2D eigenvalue weighted by Crippen LogP contribution is -2.44. The van der Waals surface area contributed by atoms with Gasteiger partial charge in [-0.25, -0.2) is 0 Å². The van der Waals surface area contributed by atoms with Crippen molar-refractivity contribution >= 4 is 0 Å². The van der Waals surface area contributed by atoms with Gasteiger partial charge in [0.05, 0.1) is 6.61 Å². The summed E-state index contributed by atoms with van der Waals surface area (Å²) in [6, 6.07) is 0. The molecule has 1 atom stereocenters. The van der Waals surface area contributed by atoms with Crippen LogP contribution in [0.25, 0.3) is 0 Å². The summed E-state index contributed by atoms with van der Waals surface area (Å²) >= 11 is 0. The molecular formula is C9H16O3. The third-order valence-corrected chi connectivity index (χ3v) is 3.01. The van der Waals surface area contributed by atoms with Crippen LogP contribution in [0.5, 0.6) is 0 Å². The molecule has 1 saturated heterocycles. The van der Waals surface area contributed by atoms with E-state index in [0.29, 0.717) is 6.61 Å². The molecule has 0 radical (unpaired) electrons. The number of ether oxygens (including phenoxy) is 1. The molecule has 1 saturated carbocycles. The highest BCUT2D eigenvalue weighted by Gasteiger charge is 2.49. The average molecular weight is 172 g/mol. The molecule has 2 aliphatic rings. The van der Waals surface area contributed by atoms with Crippen molar-refractivity contribution in [3.05, 3.63) is 0 Å². The predicted octanol–water partition coefficient (Wildman–Crippen LogP) is 0.646. The molecule has 0 aromatic heterocycles. The van der Waals surface area contributed by atoms with E-state index in [2.05, 4.69) is 0 Å². The number of aliphatic hydroxyl groups is 2. The molecule has 1 unspecified atom stereocenters. The van der Waals surface area contributed by atoms with E-state index in [9.17, 15) is 10.2 Å². The van der Waals surface area contributed by atoms with Gasteiger partial charge in [-0.3, -0.25) is 0 Å². The molecule has 0 aromatic rings. The first-order valence-corrected chi connectivity index (χ1v) is 4.77. The van der Waals surface area contributed by atoms with E-state index in [-0.39, 0.29) is 12.0 Å². The first kappa shape index (κ1) is 8.48. The topological polar surface area (TPSA) is 53.0 Å². The lowest BCUT2D eigenvalue weighted by Gasteiger charge is -2.32. The average Bonchev–Trinajstić information content (AvgIpc) is 2.88. The Kier molecular flexibility index (Phi) is 2.10. The zero-order chi connectivity index (χ0) is 8.60. The van der Waals surface area contributed by atoms with E-state index in [0.717, 1.165) is 25.7 Å². The number of epoxide rings is 1. The van der Waals surface area contributed by atoms with Crippen molar-refractivity contribution in [3.8, 4) is 0 Å². The third kappa shape index (κ3) is 1.49. The first-order chi connectivity index (χ1) is 5.71. The van der Waals surface area contributed by atoms with Gasteiger partial charge in [0.1, 0.15) is 6.10 Å². The smallest absolute Gasteiger partial charge is 0.194 e. The Morgan fingerprint density at radius 1 is 1.08 bits per heavy atom. The van der Waals surface area contributed by atoms with Crippen molar-refractivity contribution in [2.75, 3.05) is 6.61 Å². The first-order valence-electron chi connectivity index (χ1n) is 4.77. The summed E-state index contributed by atoms with van der Waals surface area (Å²) in [4.78, 5) is 0. The Morgan fingerprint density at radius 3 is 2.17 bits per heavy atom. The number of hydrogen-bond acceptors (Lipinski definition) is 3. The second-order valence-corrected chi connectivity index (χ2v) is 3.94. The maximum Gasteiger partial charge on any atom is 0.194 e. The van der Waals surface area contributed by atoms with E-state index < -0.39 is 5.79 Å². The van der Waals surface area contributed by atoms with Crippen LogP contribution in [0.2, 0.25) is 0 Å². The van der Waals surface area contributed by atoms with Gasteiger partial charge < -0.3 is 14.9 Å². The molecule has 12 heavy (non-hydrogen) atoms. The van der Waals surface area contributed by atoms with Crippen LogP contribution < -0.4 is 0 Å². The molecule has 0 aromatic carbocycles. The van der Waals surface area contributed by atoms with E-state index in [1.165, 1.54) is 6.42 Å². The van der Waals surface area contributed by atoms with Gasteiger partial charge in [-0.1, -0.05) is 19.3 Å². The standard InChI is InChI=1S/C9H16O3/c10-9(11,8-6-12-8)7-4-2-1-3-5-7/h7-8,10-11H,1-6H2. The minimum Gasteiger partial charge on any atom is -0.367 e. The fourth-order valence-corrected chi connectivity index (χ4v) is 2.08. The van der Waals surface area contributed by atoms with Gasteiger partial charge in [0.25, 0.3) is 0 Å². The summed E-state index contributed by atoms with van der Waals surface area (Å²) in [6.07, 6.45) is 5.05. The predicted molar refractivity (Wildman–Crippen MR) is 43.5 cm³/mol. The molecule has 2 N–H and O–H groups in total. The molecule has 0 amide bonds. The van der Waals surface area contributed by atoms with Crippen LogP contribution in [-0.4, -0.2) is 28.7 Å². The Balaban J connectivity index is 1.95. The second kappa shape index (κ2) is 2.98. The fraction of sp³-hybridized carbons (Fsp3) is 1.00. The quantitative estimate of drug-likeness (QED) is 0.475. The summed E-state index contributed by atoms with van der Waals surface area (Å²) in [5.41, 5.74) is 0. The minimum absolute atomic E-state index is 0.0405. The van der Waals surface area contributed by atoms with Crippen molar-refractivity contribution in [1.29, 1.82) is 0 Å². The van der Waals surface area contributed by atoms with Gasteiger partial charge in [0, 0.05) is 5.92 Å². The van der Waals surface area contributed by atoms with E-state index in [1.54, 1.807) is 0 Å². The van der Waals surface area contributed by atoms with Crippen molar-refractivity contribution < 1.29 is 14.9 Å². The summed E-state index contributed by atoms with van der Waals surface area (Å²) in [6.45, 7) is 0.517. The molecule has 70 valence electrons. The summed E-state index contributed by atoms with van der Waals surface area (Å²) < 4.78 is 4.93. The highest BCUT2D eigenvalue weighted by Crippen LogP contribution is 2.37. The molecule has 3 heteroatoms. The van der Waals surface area contributed by atoms with Crippen LogP contribution in [0.1, 0.15) is 32.1 Å². The minimum atomic E-state index is -1.54. The Bertz CT molecular complexity index is 157. The van der Waals surface area contributed by atoms with Crippen molar-refractivity contribution in [2.24, 2.45) is 5.92 Å². The summed E-state index contributed by atoms with van der Waals surface area (Å²) in [5.74, 6) is -1.50. The number of rotatable bonds is 2. The largest absolute Gasteiger partial charge is 0.367 e. The lowest BCUT2D eigenvalue weighted by molar-refractivity contribution is -0.218. The van der Waals surface area contributed by atoms with Crippen molar-refractivity contribution in [1.82, 2.24) is 0 Å². The highest BCUT2D eigenvalue weighted by atomic mass is 16.6. The molecule has 1 heterocycles. The zero-order valence-corrected chi connectivity index (χ0v) is 7.20. The summed E-state index contributed by atoms with van der Waals surface area (Å²) in [7, 11) is 0. The molecular weight excluding hydrogens is 156 g/mol. The van der Waals surface area contributed by atoms with Crippen LogP contribution in [0.3, 0.4) is 0 Å². The third-order valence-electron chi connectivity index (χ3n) is 3.01. The molecule has 1 aliphatic heterocycles. The molecule has 3 nitrogen and oxygen atoms in total. The van der Waals surface area contributed by atoms with Gasteiger partial charge in [0.15, 0.2) is 5.79 Å². The Hall–Kier alpha value is -0.120. The van der Waals surface area contributed by atoms with Gasteiger partial charge in [-0.05, 0) is 12.8 Å². The zero-order valence-electron chi connectivity index (χ0n) is 7.20. The Labute approximate surface area is 72.3 Å². The van der Waals surface area contributed by atoms with Crippen LogP contribution in [0, 0.1) is 5.92 Å². The van der Waals surface area contributed by atoms with Gasteiger partial charge in [-0.15, -0.1) is 0 Å². The SMILES string of the molecule is OC(O)(C1CCCCC1)C1CO1. The normalized spacial score (nSPS) is 32.0. The lowest BCUT2D eigenvalue weighted by atomic mass is 9.82. The van der Waals surface area contributed by atoms with Crippen molar-refractivity contribution in [2.45, 2.75) is 44.0 Å². The molecule has 2 fully saturated rings. The number of hydrogen-bond donors (Lipinski definition) is 2. The van der Waals surface area contributed by atoms with E-state index >= 15 is 0 Å². The maximum absolute atomic E-state index is 9.71. The fourth-order valence-electron chi connectivity index (χ4n) is 2.08. The second-order valence-electron chi connectivity index (χ2n) is 3.94. The van der Waals surface area contributed by atoms with Crippen LogP contribution in [-0.2, 0) is 4.74 Å². The summed E-state index contributed by atoms with van der Waals surface area (Å²) in [5, 5.41) is 19.4. The van der Waals surface area contributed by atoms with Crippen LogP contribution in [0.4, 0.5) is 0 Å². The van der Waals surface area contributed by atoms with E-state index in [4.69, 9.17) is 4.74 Å². The van der Waals surface area contributed by atoms with E-state index in [1.807, 2.05) is 0 Å². The Morgan fingerprint density at radius 2 is 1.67 bits per heavy atom. The molecule has 1 aliphatic carbocycles. The monoisotopic (exact) mass is 172 g/mol. The van der Waals surface area contributed by atoms with Gasteiger partial charge >= 0.3 is 0 Å². The van der Waals surface area contributed by atoms with Gasteiger partial charge in [-0.2, -0.15) is 0 Å².